The highest BCUT2D eigenvalue weighted by molar-refractivity contribution is 7.96. The molecule has 2 heterocycles. The second kappa shape index (κ2) is 13.6. The number of rotatable bonds is 12. The molecule has 2 N–H and O–H groups in total. The first kappa shape index (κ1) is 31.4. The number of benzene rings is 2. The number of hydrogen-bond donors (Lipinski definition) is 2. The minimum atomic E-state index is -0.339. The van der Waals surface area contributed by atoms with Crippen LogP contribution in [0.25, 0.3) is 22.2 Å². The highest BCUT2D eigenvalue weighted by Gasteiger charge is 2.23. The number of aryl methyl sites for hydroxylation is 1. The third kappa shape index (κ3) is 6.92. The Labute approximate surface area is 256 Å². The van der Waals surface area contributed by atoms with Crippen molar-refractivity contribution in [2.24, 2.45) is 7.05 Å². The predicted octanol–water partition coefficient (Wildman–Crippen LogP) is 4.86. The van der Waals surface area contributed by atoms with E-state index in [1.165, 1.54) is 24.2 Å². The van der Waals surface area contributed by atoms with Crippen molar-refractivity contribution < 1.29 is 14.3 Å². The summed E-state index contributed by atoms with van der Waals surface area (Å²) in [7, 11) is 11.2. The van der Waals surface area contributed by atoms with Crippen molar-refractivity contribution in [1.82, 2.24) is 23.7 Å². The fraction of sp³-hybridized carbons (Fsp3) is 0.290. The number of amides is 2. The van der Waals surface area contributed by atoms with Crippen molar-refractivity contribution in [3.63, 3.8) is 0 Å². The molecule has 2 aromatic heterocycles. The van der Waals surface area contributed by atoms with Gasteiger partial charge in [-0.2, -0.15) is 0 Å². The minimum absolute atomic E-state index is 0.209. The van der Waals surface area contributed by atoms with Gasteiger partial charge in [0.25, 0.3) is 5.91 Å². The Hall–Kier alpha value is -4.55. The SMILES string of the molecule is C=CC(=O)Nc1cc(Nc2ncc(C(=O)N(C)SC)c(-c3cn(C)c4ccccc34)n2)c(OC)cc1N(C)CCN(C)C. The maximum absolute atomic E-state index is 13.4. The number of methoxy groups -OCH3 is 1. The van der Waals surface area contributed by atoms with Gasteiger partial charge in [-0.15, -0.1) is 0 Å². The molecule has 11 nitrogen and oxygen atoms in total. The highest BCUT2D eigenvalue weighted by Crippen LogP contribution is 2.39. The number of likely N-dealkylation sites (N-methyl/N-ethyl adjacent to an activating group) is 2. The van der Waals surface area contributed by atoms with Gasteiger partial charge in [0.1, 0.15) is 5.75 Å². The summed E-state index contributed by atoms with van der Waals surface area (Å²) in [4.78, 5) is 39.2. The summed E-state index contributed by atoms with van der Waals surface area (Å²) < 4.78 is 9.30. The molecule has 4 rings (SSSR count). The van der Waals surface area contributed by atoms with Crippen molar-refractivity contribution in [3.8, 4) is 17.0 Å². The molecule has 2 aromatic carbocycles. The van der Waals surface area contributed by atoms with Crippen LogP contribution in [-0.2, 0) is 11.8 Å². The fourth-order valence-electron chi connectivity index (χ4n) is 4.61. The molecule has 0 aliphatic carbocycles. The van der Waals surface area contributed by atoms with Crippen LogP contribution in [0.5, 0.6) is 5.75 Å². The van der Waals surface area contributed by atoms with Gasteiger partial charge < -0.3 is 29.7 Å². The Morgan fingerprint density at radius 2 is 1.86 bits per heavy atom. The third-order valence-corrected chi connectivity index (χ3v) is 7.75. The van der Waals surface area contributed by atoms with E-state index in [1.54, 1.807) is 24.5 Å². The minimum Gasteiger partial charge on any atom is -0.494 e. The summed E-state index contributed by atoms with van der Waals surface area (Å²) in [6.45, 7) is 5.12. The first-order chi connectivity index (χ1) is 20.6. The van der Waals surface area contributed by atoms with E-state index < -0.39 is 0 Å². The number of anilines is 4. The van der Waals surface area contributed by atoms with Gasteiger partial charge in [-0.3, -0.25) is 13.9 Å². The quantitative estimate of drug-likeness (QED) is 0.174. The molecule has 0 atom stereocenters. The van der Waals surface area contributed by atoms with Crippen molar-refractivity contribution in [1.29, 1.82) is 0 Å². The van der Waals surface area contributed by atoms with Crippen LogP contribution in [0.4, 0.5) is 23.0 Å². The topological polar surface area (TPSA) is 108 Å². The zero-order valence-electron chi connectivity index (χ0n) is 25.6. The number of carbonyl (C=O) groups is 2. The van der Waals surface area contributed by atoms with Crippen LogP contribution in [-0.4, -0.2) is 90.2 Å². The molecule has 0 unspecified atom stereocenters. The zero-order valence-corrected chi connectivity index (χ0v) is 26.5. The molecule has 2 amide bonds. The van der Waals surface area contributed by atoms with Crippen molar-refractivity contribution >= 4 is 57.7 Å². The molecule has 226 valence electrons. The van der Waals surface area contributed by atoms with Crippen LogP contribution in [0.3, 0.4) is 0 Å². The lowest BCUT2D eigenvalue weighted by Crippen LogP contribution is -2.29. The fourth-order valence-corrected chi connectivity index (χ4v) is 4.88. The number of fused-ring (bicyclic) bond motifs is 1. The van der Waals surface area contributed by atoms with E-state index in [0.717, 1.165) is 35.2 Å². The molecular weight excluding hydrogens is 564 g/mol. The van der Waals surface area contributed by atoms with E-state index in [4.69, 9.17) is 9.72 Å². The van der Waals surface area contributed by atoms with Gasteiger partial charge in [0.15, 0.2) is 0 Å². The molecule has 0 aliphatic heterocycles. The second-order valence-corrected chi connectivity index (χ2v) is 11.1. The summed E-state index contributed by atoms with van der Waals surface area (Å²) in [6.07, 6.45) is 6.57. The van der Waals surface area contributed by atoms with E-state index in [9.17, 15) is 9.59 Å². The number of para-hydroxylation sites is 1. The number of nitrogens with zero attached hydrogens (tertiary/aromatic N) is 6. The van der Waals surface area contributed by atoms with E-state index in [0.29, 0.717) is 28.4 Å². The monoisotopic (exact) mass is 602 g/mol. The van der Waals surface area contributed by atoms with Gasteiger partial charge in [-0.05, 0) is 32.3 Å². The second-order valence-electron chi connectivity index (χ2n) is 10.2. The van der Waals surface area contributed by atoms with Crippen LogP contribution in [0.2, 0.25) is 0 Å². The number of aromatic nitrogens is 3. The standard InChI is InChI=1S/C31H38N8O3S/c1-9-28(40)33-23-16-24(27(42-7)17-26(23)37(4)15-14-36(2)3)34-31-32-18-21(30(41)39(6)43-8)29(35-31)22-19-38(5)25-13-11-10-12-20(22)25/h9-13,16-19H,1,14-15H2,2-8H3,(H,33,40)(H,32,34,35). The first-order valence-corrected chi connectivity index (χ1v) is 14.8. The Morgan fingerprint density at radius 3 is 2.53 bits per heavy atom. The van der Waals surface area contributed by atoms with Crippen molar-refractivity contribution in [2.45, 2.75) is 0 Å². The van der Waals surface area contributed by atoms with Crippen molar-refractivity contribution in [2.75, 3.05) is 70.2 Å². The van der Waals surface area contributed by atoms with Gasteiger partial charge in [-0.1, -0.05) is 36.7 Å². The molecule has 0 spiro atoms. The Bertz CT molecular complexity index is 1650. The van der Waals surface area contributed by atoms with Gasteiger partial charge in [0.2, 0.25) is 11.9 Å². The van der Waals surface area contributed by atoms with Gasteiger partial charge in [0, 0.05) is 75.4 Å². The number of nitrogens with one attached hydrogen (secondary N) is 2. The molecular formula is C31H38N8O3S. The normalized spacial score (nSPS) is 11.0. The number of carbonyl (C=O) groups excluding carboxylic acids is 2. The lowest BCUT2D eigenvalue weighted by Gasteiger charge is -2.26. The molecule has 12 heteroatoms. The van der Waals surface area contributed by atoms with Gasteiger partial charge in [-0.25, -0.2) is 9.97 Å². The Morgan fingerprint density at radius 1 is 1.12 bits per heavy atom. The van der Waals surface area contributed by atoms with Crippen LogP contribution < -0.4 is 20.3 Å². The Kier molecular flexibility index (Phi) is 9.94. The molecule has 0 radical (unpaired) electrons. The summed E-state index contributed by atoms with van der Waals surface area (Å²) in [5.74, 6) is 0.243. The van der Waals surface area contributed by atoms with E-state index >= 15 is 0 Å². The highest BCUT2D eigenvalue weighted by atomic mass is 32.2. The lowest BCUT2D eigenvalue weighted by atomic mass is 10.1. The van der Waals surface area contributed by atoms with Crippen LogP contribution in [0.15, 0.2) is 61.4 Å². The number of hydrogen-bond acceptors (Lipinski definition) is 9. The average Bonchev–Trinajstić information content (AvgIpc) is 3.35. The molecule has 0 bridgehead atoms. The molecule has 43 heavy (non-hydrogen) atoms. The predicted molar refractivity (Wildman–Crippen MR) is 176 cm³/mol. The van der Waals surface area contributed by atoms with Crippen molar-refractivity contribution in [3.05, 3.63) is 67.0 Å². The summed E-state index contributed by atoms with van der Waals surface area (Å²) in [6, 6.07) is 11.6. The summed E-state index contributed by atoms with van der Waals surface area (Å²) in [5.41, 5.74) is 4.58. The van der Waals surface area contributed by atoms with E-state index in [-0.39, 0.29) is 17.8 Å². The summed E-state index contributed by atoms with van der Waals surface area (Å²) in [5, 5.41) is 7.13. The molecule has 0 fully saturated rings. The van der Waals surface area contributed by atoms with Crippen LogP contribution >= 0.6 is 11.9 Å². The van der Waals surface area contributed by atoms with E-state index in [1.807, 2.05) is 80.4 Å². The first-order valence-electron chi connectivity index (χ1n) is 13.6. The lowest BCUT2D eigenvalue weighted by molar-refractivity contribution is -0.111. The average molecular weight is 603 g/mol. The summed E-state index contributed by atoms with van der Waals surface area (Å²) >= 11 is 1.31. The maximum Gasteiger partial charge on any atom is 0.267 e. The Balaban J connectivity index is 1.83. The van der Waals surface area contributed by atoms with E-state index in [2.05, 4.69) is 27.1 Å². The van der Waals surface area contributed by atoms with Gasteiger partial charge >= 0.3 is 0 Å². The maximum atomic E-state index is 13.4. The van der Waals surface area contributed by atoms with Gasteiger partial charge in [0.05, 0.1) is 35.4 Å². The number of ether oxygens (including phenoxy) is 1. The zero-order chi connectivity index (χ0) is 31.3. The van der Waals surface area contributed by atoms with Crippen LogP contribution in [0.1, 0.15) is 10.4 Å². The third-order valence-electron chi connectivity index (χ3n) is 7.03. The largest absolute Gasteiger partial charge is 0.494 e. The smallest absolute Gasteiger partial charge is 0.267 e. The van der Waals surface area contributed by atoms with Crippen LogP contribution in [0, 0.1) is 0 Å². The molecule has 0 saturated heterocycles. The molecule has 0 aliphatic rings. The molecule has 0 saturated carbocycles. The molecule has 4 aromatic rings.